The van der Waals surface area contributed by atoms with Crippen molar-refractivity contribution in [1.82, 2.24) is 9.80 Å². The first kappa shape index (κ1) is 23.2. The molecule has 0 aromatic heterocycles. The Morgan fingerprint density at radius 2 is 1.30 bits per heavy atom. The third kappa shape index (κ3) is 7.36. The molecule has 0 aromatic carbocycles. The highest BCUT2D eigenvalue weighted by Gasteiger charge is 2.43. The summed E-state index contributed by atoms with van der Waals surface area (Å²) in [6, 6.07) is 0. The molecule has 2 atom stereocenters. The standard InChI is InChI=1S/C19H34N2O6/c1-18(2,3)15(22)26-13-11-21(17(24)25-10-9-20(7)8)12-14(13)27-16(23)19(4,5)6/h13-14H,9-12H2,1-8H3/t13-,14-/m0/s1. The van der Waals surface area contributed by atoms with Gasteiger partial charge in [-0.05, 0) is 55.6 Å². The van der Waals surface area contributed by atoms with Crippen LogP contribution in [0.15, 0.2) is 0 Å². The van der Waals surface area contributed by atoms with Gasteiger partial charge in [-0.1, -0.05) is 0 Å². The van der Waals surface area contributed by atoms with Crippen LogP contribution in [0.2, 0.25) is 0 Å². The molecule has 0 radical (unpaired) electrons. The Labute approximate surface area is 162 Å². The predicted octanol–water partition coefficient (Wildman–Crippen LogP) is 1.92. The molecule has 1 rings (SSSR count). The van der Waals surface area contributed by atoms with Gasteiger partial charge >= 0.3 is 18.0 Å². The van der Waals surface area contributed by atoms with Gasteiger partial charge in [-0.2, -0.15) is 0 Å². The number of nitrogens with zero attached hydrogens (tertiary/aromatic N) is 2. The van der Waals surface area contributed by atoms with E-state index in [0.717, 1.165) is 0 Å². The Morgan fingerprint density at radius 1 is 0.889 bits per heavy atom. The van der Waals surface area contributed by atoms with Crippen molar-refractivity contribution in [1.29, 1.82) is 0 Å². The molecule has 0 saturated carbocycles. The lowest BCUT2D eigenvalue weighted by atomic mass is 9.97. The lowest BCUT2D eigenvalue weighted by molar-refractivity contribution is -0.173. The van der Waals surface area contributed by atoms with Gasteiger partial charge in [0.2, 0.25) is 0 Å². The first-order valence-corrected chi connectivity index (χ1v) is 9.20. The fraction of sp³-hybridized carbons (Fsp3) is 0.842. The molecule has 8 nitrogen and oxygen atoms in total. The lowest BCUT2D eigenvalue weighted by Crippen LogP contribution is -2.39. The second kappa shape index (κ2) is 8.91. The van der Waals surface area contributed by atoms with E-state index in [2.05, 4.69) is 0 Å². The monoisotopic (exact) mass is 386 g/mol. The molecule has 0 N–H and O–H groups in total. The first-order chi connectivity index (χ1) is 12.2. The Bertz CT molecular complexity index is 511. The summed E-state index contributed by atoms with van der Waals surface area (Å²) in [6.07, 6.45) is -1.95. The zero-order chi connectivity index (χ0) is 21.0. The number of esters is 2. The van der Waals surface area contributed by atoms with Crippen LogP contribution < -0.4 is 0 Å². The number of carbonyl (C=O) groups excluding carboxylic acids is 3. The molecule has 27 heavy (non-hydrogen) atoms. The van der Waals surface area contributed by atoms with Crippen LogP contribution in [-0.2, 0) is 23.8 Å². The van der Waals surface area contributed by atoms with Gasteiger partial charge in [-0.15, -0.1) is 0 Å². The van der Waals surface area contributed by atoms with Crippen LogP contribution in [0.25, 0.3) is 0 Å². The SMILES string of the molecule is CN(C)CCOC(=O)N1C[C@H](OC(=O)C(C)(C)C)[C@@H](OC(=O)C(C)(C)C)C1. The fourth-order valence-electron chi connectivity index (χ4n) is 2.15. The van der Waals surface area contributed by atoms with Crippen LogP contribution in [0.1, 0.15) is 41.5 Å². The van der Waals surface area contributed by atoms with E-state index in [-0.39, 0.29) is 19.7 Å². The van der Waals surface area contributed by atoms with Crippen LogP contribution in [-0.4, -0.2) is 80.4 Å². The Kier molecular flexibility index (Phi) is 7.66. The number of ether oxygens (including phenoxy) is 3. The van der Waals surface area contributed by atoms with Gasteiger partial charge in [0, 0.05) is 6.54 Å². The maximum absolute atomic E-state index is 12.3. The number of rotatable bonds is 5. The normalized spacial score (nSPS) is 20.6. The largest absolute Gasteiger partial charge is 0.456 e. The maximum atomic E-state index is 12.3. The summed E-state index contributed by atoms with van der Waals surface area (Å²) in [5.74, 6) is -0.820. The molecular weight excluding hydrogens is 352 g/mol. The molecular formula is C19H34N2O6. The average Bonchev–Trinajstić information content (AvgIpc) is 2.87. The summed E-state index contributed by atoms with van der Waals surface area (Å²) < 4.78 is 16.3. The minimum atomic E-state index is -0.718. The van der Waals surface area contributed by atoms with E-state index in [1.807, 2.05) is 19.0 Å². The van der Waals surface area contributed by atoms with Gasteiger partial charge < -0.3 is 24.0 Å². The van der Waals surface area contributed by atoms with Gasteiger partial charge in [0.25, 0.3) is 0 Å². The van der Waals surface area contributed by atoms with Crippen LogP contribution in [0.4, 0.5) is 4.79 Å². The van der Waals surface area contributed by atoms with Crippen LogP contribution in [0.3, 0.4) is 0 Å². The zero-order valence-electron chi connectivity index (χ0n) is 17.8. The zero-order valence-corrected chi connectivity index (χ0v) is 17.8. The number of hydrogen-bond acceptors (Lipinski definition) is 7. The second-order valence-electron chi connectivity index (χ2n) is 9.21. The minimum absolute atomic E-state index is 0.130. The smallest absolute Gasteiger partial charge is 0.410 e. The topological polar surface area (TPSA) is 85.4 Å². The first-order valence-electron chi connectivity index (χ1n) is 9.20. The third-order valence-corrected chi connectivity index (χ3v) is 3.98. The summed E-state index contributed by atoms with van der Waals surface area (Å²) in [6.45, 7) is 11.6. The summed E-state index contributed by atoms with van der Waals surface area (Å²) in [5, 5.41) is 0. The minimum Gasteiger partial charge on any atom is -0.456 e. The second-order valence-corrected chi connectivity index (χ2v) is 9.21. The van der Waals surface area contributed by atoms with Crippen molar-refractivity contribution < 1.29 is 28.6 Å². The Morgan fingerprint density at radius 3 is 1.63 bits per heavy atom. The molecule has 8 heteroatoms. The molecule has 0 bridgehead atoms. The van der Waals surface area contributed by atoms with Gasteiger partial charge in [0.1, 0.15) is 6.61 Å². The number of likely N-dealkylation sites (tertiary alicyclic amines) is 1. The van der Waals surface area contributed by atoms with Crippen molar-refractivity contribution in [3.8, 4) is 0 Å². The van der Waals surface area contributed by atoms with Crippen LogP contribution in [0, 0.1) is 10.8 Å². The van der Waals surface area contributed by atoms with Gasteiger partial charge in [0.15, 0.2) is 12.2 Å². The average molecular weight is 386 g/mol. The summed E-state index contributed by atoms with van der Waals surface area (Å²) in [5.41, 5.74) is -1.39. The molecule has 1 saturated heterocycles. The molecule has 0 aromatic rings. The quantitative estimate of drug-likeness (QED) is 0.527. The molecule has 1 fully saturated rings. The number of likely N-dealkylation sites (N-methyl/N-ethyl adjacent to an activating group) is 1. The van der Waals surface area contributed by atoms with E-state index >= 15 is 0 Å². The van der Waals surface area contributed by atoms with Gasteiger partial charge in [-0.25, -0.2) is 4.79 Å². The molecule has 0 aliphatic carbocycles. The van der Waals surface area contributed by atoms with E-state index in [4.69, 9.17) is 14.2 Å². The number of hydrogen-bond donors (Lipinski definition) is 0. The third-order valence-electron chi connectivity index (χ3n) is 3.98. The van der Waals surface area contributed by atoms with E-state index in [1.54, 1.807) is 41.5 Å². The molecule has 1 amide bonds. The summed E-state index contributed by atoms with van der Waals surface area (Å²) >= 11 is 0. The van der Waals surface area contributed by atoms with Crippen molar-refractivity contribution in [3.63, 3.8) is 0 Å². The molecule has 0 unspecified atom stereocenters. The number of carbonyl (C=O) groups is 3. The van der Waals surface area contributed by atoms with Crippen molar-refractivity contribution >= 4 is 18.0 Å². The molecule has 1 aliphatic rings. The predicted molar refractivity (Wildman–Crippen MR) is 100 cm³/mol. The van der Waals surface area contributed by atoms with E-state index in [0.29, 0.717) is 6.54 Å². The molecule has 0 spiro atoms. The lowest BCUT2D eigenvalue weighted by Gasteiger charge is -2.26. The van der Waals surface area contributed by atoms with Crippen LogP contribution in [0.5, 0.6) is 0 Å². The summed E-state index contributed by atoms with van der Waals surface area (Å²) in [7, 11) is 3.77. The van der Waals surface area contributed by atoms with Gasteiger partial charge in [-0.3, -0.25) is 9.59 Å². The fourth-order valence-corrected chi connectivity index (χ4v) is 2.15. The van der Waals surface area contributed by atoms with Gasteiger partial charge in [0.05, 0.1) is 23.9 Å². The maximum Gasteiger partial charge on any atom is 0.410 e. The molecule has 1 heterocycles. The van der Waals surface area contributed by atoms with E-state index in [1.165, 1.54) is 4.90 Å². The Hall–Kier alpha value is -1.83. The number of amides is 1. The van der Waals surface area contributed by atoms with Crippen molar-refractivity contribution in [2.45, 2.75) is 53.8 Å². The highest BCUT2D eigenvalue weighted by molar-refractivity contribution is 5.77. The van der Waals surface area contributed by atoms with Crippen molar-refractivity contribution in [3.05, 3.63) is 0 Å². The highest BCUT2D eigenvalue weighted by atomic mass is 16.6. The van der Waals surface area contributed by atoms with E-state index in [9.17, 15) is 14.4 Å². The van der Waals surface area contributed by atoms with E-state index < -0.39 is 41.1 Å². The molecule has 1 aliphatic heterocycles. The van der Waals surface area contributed by atoms with Crippen LogP contribution >= 0.6 is 0 Å². The van der Waals surface area contributed by atoms with Crippen molar-refractivity contribution in [2.24, 2.45) is 10.8 Å². The summed E-state index contributed by atoms with van der Waals surface area (Å²) in [4.78, 5) is 40.1. The Balaban J connectivity index is 2.81. The highest BCUT2D eigenvalue weighted by Crippen LogP contribution is 2.25. The van der Waals surface area contributed by atoms with Crippen molar-refractivity contribution in [2.75, 3.05) is 40.3 Å². The molecule has 156 valence electrons.